The van der Waals surface area contributed by atoms with Crippen molar-refractivity contribution in [3.63, 3.8) is 0 Å². The van der Waals surface area contributed by atoms with Crippen molar-refractivity contribution in [1.29, 1.82) is 0 Å². The standard InChI is InChI=1S/C22H15F2NO3/c1-2-28-22(27)16-12-25(19-9-5-7-13-6-3-4-8-14(13)19)20-11-18(24)17(23)10-15(20)21(16)26/h3-12H,2H2,1H3. The van der Waals surface area contributed by atoms with Crippen LogP contribution in [0.1, 0.15) is 17.3 Å². The van der Waals surface area contributed by atoms with Gasteiger partial charge in [0.15, 0.2) is 11.6 Å². The van der Waals surface area contributed by atoms with Gasteiger partial charge < -0.3 is 9.30 Å². The zero-order valence-electron chi connectivity index (χ0n) is 14.9. The third-order valence-corrected chi connectivity index (χ3v) is 4.57. The van der Waals surface area contributed by atoms with E-state index in [-0.39, 0.29) is 23.1 Å². The highest BCUT2D eigenvalue weighted by molar-refractivity contribution is 5.96. The van der Waals surface area contributed by atoms with Gasteiger partial charge >= 0.3 is 5.97 Å². The number of rotatable bonds is 3. The van der Waals surface area contributed by atoms with Gasteiger partial charge in [0.1, 0.15) is 5.56 Å². The highest BCUT2D eigenvalue weighted by Gasteiger charge is 2.20. The van der Waals surface area contributed by atoms with Gasteiger partial charge in [-0.3, -0.25) is 4.79 Å². The molecule has 0 radical (unpaired) electrons. The second-order valence-corrected chi connectivity index (χ2v) is 6.24. The van der Waals surface area contributed by atoms with E-state index in [1.807, 2.05) is 36.4 Å². The van der Waals surface area contributed by atoms with Crippen molar-refractivity contribution in [2.24, 2.45) is 0 Å². The molecule has 1 heterocycles. The van der Waals surface area contributed by atoms with Crippen molar-refractivity contribution in [3.8, 4) is 5.69 Å². The number of aromatic nitrogens is 1. The van der Waals surface area contributed by atoms with Crippen LogP contribution in [-0.2, 0) is 4.74 Å². The molecule has 0 bridgehead atoms. The Bertz CT molecular complexity index is 1290. The summed E-state index contributed by atoms with van der Waals surface area (Å²) in [6.45, 7) is 1.71. The first kappa shape index (κ1) is 17.9. The van der Waals surface area contributed by atoms with Crippen LogP contribution in [0, 0.1) is 11.6 Å². The Kier molecular flexibility index (Phi) is 4.39. The zero-order chi connectivity index (χ0) is 19.8. The predicted octanol–water partition coefficient (Wildman–Crippen LogP) is 4.60. The number of esters is 1. The Morgan fingerprint density at radius 2 is 1.71 bits per heavy atom. The predicted molar refractivity (Wildman–Crippen MR) is 103 cm³/mol. The summed E-state index contributed by atoms with van der Waals surface area (Å²) in [6.07, 6.45) is 1.32. The average molecular weight is 379 g/mol. The monoisotopic (exact) mass is 379 g/mol. The lowest BCUT2D eigenvalue weighted by Gasteiger charge is -2.15. The number of halogens is 2. The van der Waals surface area contributed by atoms with Crippen LogP contribution in [0.4, 0.5) is 8.78 Å². The summed E-state index contributed by atoms with van der Waals surface area (Å²) in [5.41, 5.74) is -0.162. The average Bonchev–Trinajstić information content (AvgIpc) is 2.70. The number of hydrogen-bond acceptors (Lipinski definition) is 3. The Morgan fingerprint density at radius 1 is 1.00 bits per heavy atom. The fourth-order valence-electron chi connectivity index (χ4n) is 3.29. The maximum Gasteiger partial charge on any atom is 0.343 e. The highest BCUT2D eigenvalue weighted by Crippen LogP contribution is 2.26. The summed E-state index contributed by atoms with van der Waals surface area (Å²) in [6, 6.07) is 14.8. The zero-order valence-corrected chi connectivity index (χ0v) is 14.9. The molecule has 0 unspecified atom stereocenters. The van der Waals surface area contributed by atoms with Crippen LogP contribution in [0.5, 0.6) is 0 Å². The number of hydrogen-bond donors (Lipinski definition) is 0. The highest BCUT2D eigenvalue weighted by atomic mass is 19.2. The molecule has 3 aromatic carbocycles. The van der Waals surface area contributed by atoms with E-state index in [4.69, 9.17) is 4.74 Å². The number of nitrogens with zero attached hydrogens (tertiary/aromatic N) is 1. The summed E-state index contributed by atoms with van der Waals surface area (Å²) in [4.78, 5) is 25.1. The number of pyridine rings is 1. The quantitative estimate of drug-likeness (QED) is 0.489. The molecule has 0 aliphatic rings. The second kappa shape index (κ2) is 6.88. The number of ether oxygens (including phenoxy) is 1. The van der Waals surface area contributed by atoms with E-state index >= 15 is 0 Å². The van der Waals surface area contributed by atoms with E-state index in [1.54, 1.807) is 13.0 Å². The summed E-state index contributed by atoms with van der Waals surface area (Å²) >= 11 is 0. The van der Waals surface area contributed by atoms with Crippen LogP contribution in [0.3, 0.4) is 0 Å². The van der Waals surface area contributed by atoms with Gasteiger partial charge in [0.25, 0.3) is 0 Å². The number of carbonyl (C=O) groups is 1. The molecule has 0 spiro atoms. The van der Waals surface area contributed by atoms with Gasteiger partial charge in [-0.2, -0.15) is 0 Å². The first-order chi connectivity index (χ1) is 13.5. The van der Waals surface area contributed by atoms with Gasteiger partial charge in [0.2, 0.25) is 5.43 Å². The first-order valence-corrected chi connectivity index (χ1v) is 8.71. The maximum absolute atomic E-state index is 14.0. The third kappa shape index (κ3) is 2.83. The van der Waals surface area contributed by atoms with Crippen LogP contribution in [0.15, 0.2) is 65.6 Å². The molecule has 0 N–H and O–H groups in total. The molecular weight excluding hydrogens is 364 g/mol. The van der Waals surface area contributed by atoms with E-state index in [1.165, 1.54) is 10.8 Å². The lowest BCUT2D eigenvalue weighted by Crippen LogP contribution is -2.21. The van der Waals surface area contributed by atoms with Crippen molar-refractivity contribution in [1.82, 2.24) is 4.57 Å². The molecule has 6 heteroatoms. The van der Waals surface area contributed by atoms with Crippen LogP contribution in [0.2, 0.25) is 0 Å². The van der Waals surface area contributed by atoms with E-state index in [0.717, 1.165) is 22.9 Å². The minimum absolute atomic E-state index is 0.0857. The molecule has 0 saturated heterocycles. The smallest absolute Gasteiger partial charge is 0.343 e. The molecule has 0 aliphatic carbocycles. The molecule has 140 valence electrons. The summed E-state index contributed by atoms with van der Waals surface area (Å²) in [7, 11) is 0. The van der Waals surface area contributed by atoms with Crippen LogP contribution in [-0.4, -0.2) is 17.1 Å². The maximum atomic E-state index is 14.0. The lowest BCUT2D eigenvalue weighted by atomic mass is 10.1. The summed E-state index contributed by atoms with van der Waals surface area (Å²) in [5.74, 6) is -3.05. The topological polar surface area (TPSA) is 48.3 Å². The van der Waals surface area contributed by atoms with Gasteiger partial charge in [-0.1, -0.05) is 36.4 Å². The molecule has 0 fully saturated rings. The first-order valence-electron chi connectivity index (χ1n) is 8.71. The molecule has 0 amide bonds. The molecule has 0 atom stereocenters. The van der Waals surface area contributed by atoms with Gasteiger partial charge in [0.05, 0.1) is 23.2 Å². The Balaban J connectivity index is 2.15. The molecule has 4 aromatic rings. The van der Waals surface area contributed by atoms with Crippen LogP contribution in [0.25, 0.3) is 27.4 Å². The Hall–Kier alpha value is -3.54. The molecule has 4 rings (SSSR count). The Morgan fingerprint density at radius 3 is 2.50 bits per heavy atom. The van der Waals surface area contributed by atoms with Crippen molar-refractivity contribution in [3.05, 3.63) is 88.2 Å². The minimum atomic E-state index is -1.16. The van der Waals surface area contributed by atoms with E-state index in [0.29, 0.717) is 5.69 Å². The SMILES string of the molecule is CCOC(=O)c1cn(-c2cccc3ccccc23)c2cc(F)c(F)cc2c1=O. The molecule has 0 aliphatic heterocycles. The van der Waals surface area contributed by atoms with Gasteiger partial charge in [-0.05, 0) is 24.4 Å². The fourth-order valence-corrected chi connectivity index (χ4v) is 3.29. The third-order valence-electron chi connectivity index (χ3n) is 4.57. The van der Waals surface area contributed by atoms with E-state index in [2.05, 4.69) is 0 Å². The normalized spacial score (nSPS) is 11.1. The fraction of sp³-hybridized carbons (Fsp3) is 0.0909. The van der Waals surface area contributed by atoms with E-state index in [9.17, 15) is 18.4 Å². The summed E-state index contributed by atoms with van der Waals surface area (Å²) < 4.78 is 34.3. The van der Waals surface area contributed by atoms with Crippen molar-refractivity contribution in [2.75, 3.05) is 6.61 Å². The molecule has 0 saturated carbocycles. The van der Waals surface area contributed by atoms with Gasteiger partial charge in [-0.25, -0.2) is 13.6 Å². The van der Waals surface area contributed by atoms with Crippen molar-refractivity contribution < 1.29 is 18.3 Å². The van der Waals surface area contributed by atoms with E-state index < -0.39 is 23.0 Å². The molecule has 1 aromatic heterocycles. The second-order valence-electron chi connectivity index (χ2n) is 6.24. The summed E-state index contributed by atoms with van der Waals surface area (Å²) in [5, 5.41) is 1.65. The van der Waals surface area contributed by atoms with Crippen molar-refractivity contribution >= 4 is 27.6 Å². The largest absolute Gasteiger partial charge is 0.462 e. The van der Waals surface area contributed by atoms with Gasteiger partial charge in [-0.15, -0.1) is 0 Å². The molecule has 4 nitrogen and oxygen atoms in total. The molecule has 28 heavy (non-hydrogen) atoms. The lowest BCUT2D eigenvalue weighted by molar-refractivity contribution is 0.0524. The van der Waals surface area contributed by atoms with Crippen LogP contribution >= 0.6 is 0 Å². The number of fused-ring (bicyclic) bond motifs is 2. The van der Waals surface area contributed by atoms with Crippen molar-refractivity contribution in [2.45, 2.75) is 6.92 Å². The van der Waals surface area contributed by atoms with Gasteiger partial charge in [0, 0.05) is 17.6 Å². The number of carbonyl (C=O) groups excluding carboxylic acids is 1. The van der Waals surface area contributed by atoms with Crippen LogP contribution < -0.4 is 5.43 Å². The Labute approximate surface area is 158 Å². The minimum Gasteiger partial charge on any atom is -0.462 e. The molecular formula is C22H15F2NO3. The number of benzene rings is 3.